The van der Waals surface area contributed by atoms with Gasteiger partial charge in [-0.2, -0.15) is 51.4 Å². The molecule has 0 nitrogen and oxygen atoms in total. The predicted octanol–water partition coefficient (Wildman–Crippen LogP) is 11.8. The second-order valence-corrected chi connectivity index (χ2v) is 16.8. The van der Waals surface area contributed by atoms with Crippen LogP contribution in [0.2, 0.25) is 0 Å². The molecule has 0 aromatic heterocycles. The van der Waals surface area contributed by atoms with Crippen LogP contribution in [-0.4, -0.2) is 0 Å². The second-order valence-electron chi connectivity index (χ2n) is 16.8. The number of allylic oxidation sites excluding steroid dienone is 4. The number of rotatable bonds is 0. The molecule has 0 heterocycles. The summed E-state index contributed by atoms with van der Waals surface area (Å²) in [7, 11) is 0. The third-order valence-corrected chi connectivity index (χ3v) is 13.9. The van der Waals surface area contributed by atoms with Gasteiger partial charge >= 0.3 is 0 Å². The van der Waals surface area contributed by atoms with E-state index in [0.29, 0.717) is 21.7 Å². The maximum absolute atomic E-state index is 4.17. The van der Waals surface area contributed by atoms with Crippen LogP contribution in [-0.2, 0) is 16.8 Å². The zero-order valence-electron chi connectivity index (χ0n) is 28.0. The smallest absolute Gasteiger partial charge is 0 e. The minimum atomic E-state index is 0. The predicted molar refractivity (Wildman–Crippen MR) is 174 cm³/mol. The molecular weight excluding hydrogens is 539 g/mol. The van der Waals surface area contributed by atoms with Gasteiger partial charge in [0.25, 0.3) is 0 Å². The molecule has 1 heteroatoms. The van der Waals surface area contributed by atoms with E-state index in [1.165, 1.54) is 99.3 Å². The van der Waals surface area contributed by atoms with Gasteiger partial charge in [0.15, 0.2) is 0 Å². The molecule has 8 saturated carbocycles. The molecule has 41 heavy (non-hydrogen) atoms. The second kappa shape index (κ2) is 11.4. The van der Waals surface area contributed by atoms with Crippen LogP contribution in [0.4, 0.5) is 0 Å². The van der Waals surface area contributed by atoms with Crippen molar-refractivity contribution in [2.24, 2.45) is 45.3 Å². The summed E-state index contributed by atoms with van der Waals surface area (Å²) in [6.07, 6.45) is 16.4. The van der Waals surface area contributed by atoms with Crippen molar-refractivity contribution in [1.29, 1.82) is 0 Å². The zero-order valence-corrected chi connectivity index (χ0v) is 29.0. The first-order chi connectivity index (χ1) is 18.5. The van der Waals surface area contributed by atoms with Gasteiger partial charge in [0.1, 0.15) is 0 Å². The summed E-state index contributed by atoms with van der Waals surface area (Å²) in [4.78, 5) is 0. The van der Waals surface area contributed by atoms with Crippen molar-refractivity contribution in [1.82, 2.24) is 0 Å². The molecule has 0 N–H and O–H groups in total. The molecule has 0 amide bonds. The summed E-state index contributed by atoms with van der Waals surface area (Å²) >= 11 is 0. The molecule has 8 aliphatic rings. The molecule has 1 radical (unpaired) electrons. The molecule has 4 atom stereocenters. The summed E-state index contributed by atoms with van der Waals surface area (Å²) in [5.74, 6) is 10.4. The van der Waals surface area contributed by atoms with Gasteiger partial charge in [0.2, 0.25) is 0 Å². The Labute approximate surface area is 266 Å². The molecule has 8 aliphatic carbocycles. The fourth-order valence-electron chi connectivity index (χ4n) is 9.81. The summed E-state index contributed by atoms with van der Waals surface area (Å²) in [6.45, 7) is 35.3. The monoisotopic (exact) mass is 599 g/mol. The third kappa shape index (κ3) is 5.60. The van der Waals surface area contributed by atoms with Crippen molar-refractivity contribution < 1.29 is 16.8 Å². The average molecular weight is 600 g/mol. The van der Waals surface area contributed by atoms with E-state index in [0.717, 1.165) is 23.7 Å². The number of hydrogen-bond acceptors (Lipinski definition) is 0. The minimum Gasteiger partial charge on any atom is -0.304 e. The molecule has 8 fully saturated rings. The van der Waals surface area contributed by atoms with Crippen molar-refractivity contribution >= 4 is 0 Å². The van der Waals surface area contributed by atoms with Crippen LogP contribution in [0.15, 0.2) is 48.6 Å². The zero-order chi connectivity index (χ0) is 29.4. The van der Waals surface area contributed by atoms with Crippen LogP contribution < -0.4 is 0 Å². The molecule has 8 bridgehead atoms. The maximum atomic E-state index is 4.17. The van der Waals surface area contributed by atoms with Crippen molar-refractivity contribution in [3.05, 3.63) is 72.3 Å². The molecule has 8 rings (SSSR count). The van der Waals surface area contributed by atoms with E-state index >= 15 is 0 Å². The molecule has 0 aromatic rings. The van der Waals surface area contributed by atoms with Gasteiger partial charge in [-0.3, -0.25) is 0 Å². The topological polar surface area (TPSA) is 0 Å². The molecule has 0 aromatic carbocycles. The normalized spacial score (nSPS) is 36.5. The third-order valence-electron chi connectivity index (χ3n) is 13.9. The van der Waals surface area contributed by atoms with Crippen molar-refractivity contribution in [3.63, 3.8) is 0 Å². The van der Waals surface area contributed by atoms with Gasteiger partial charge in [-0.15, -0.1) is 70.3 Å². The van der Waals surface area contributed by atoms with E-state index in [1.807, 2.05) is 0 Å². The molecule has 233 valence electrons. The maximum Gasteiger partial charge on any atom is 0 e. The fraction of sp³-hybridized carbons (Fsp3) is 0.700. The van der Waals surface area contributed by atoms with E-state index in [9.17, 15) is 0 Å². The Morgan fingerprint density at radius 3 is 0.659 bits per heavy atom. The van der Waals surface area contributed by atoms with E-state index in [-0.39, 0.29) is 16.8 Å². The Bertz CT molecular complexity index is 881. The fourth-order valence-corrected chi connectivity index (χ4v) is 9.81. The van der Waals surface area contributed by atoms with Gasteiger partial charge in [0.05, 0.1) is 0 Å². The Balaban J connectivity index is 0.000000125. The van der Waals surface area contributed by atoms with Crippen molar-refractivity contribution in [2.75, 3.05) is 0 Å². The van der Waals surface area contributed by atoms with E-state index in [2.05, 4.69) is 81.7 Å². The van der Waals surface area contributed by atoms with Crippen LogP contribution in [0.1, 0.15) is 132 Å². The van der Waals surface area contributed by atoms with Gasteiger partial charge in [0, 0.05) is 16.8 Å². The molecular formula is C40H60Co-4. The molecule has 4 unspecified atom stereocenters. The first kappa shape index (κ1) is 33.4. The Morgan fingerprint density at radius 1 is 0.415 bits per heavy atom. The van der Waals surface area contributed by atoms with E-state index < -0.39 is 0 Å². The number of hydrogen-bond donors (Lipinski definition) is 0. The van der Waals surface area contributed by atoms with Gasteiger partial charge in [-0.25, -0.2) is 0 Å². The van der Waals surface area contributed by atoms with Crippen molar-refractivity contribution in [3.8, 4) is 0 Å². The SMILES string of the molecule is C=C1C2CC[C-](C2)C1(C)C.C=C1C2CC[C-](C2)C1(C)C.C=C1C2CC[C-](C2)C1(C)C.C=C1C2CC[C-](C2)C1(C)C.[Co]. The Hall–Kier alpha value is -0.534. The summed E-state index contributed by atoms with van der Waals surface area (Å²) in [5.41, 5.74) is 7.54. The summed E-state index contributed by atoms with van der Waals surface area (Å²) in [6, 6.07) is 0. The van der Waals surface area contributed by atoms with Crippen molar-refractivity contribution in [2.45, 2.75) is 132 Å². The first-order valence-electron chi connectivity index (χ1n) is 16.7. The van der Waals surface area contributed by atoms with E-state index in [1.54, 1.807) is 23.7 Å². The summed E-state index contributed by atoms with van der Waals surface area (Å²) < 4.78 is 0. The summed E-state index contributed by atoms with van der Waals surface area (Å²) in [5, 5.41) is 0. The average Bonchev–Trinajstić information content (AvgIpc) is 3.74. The van der Waals surface area contributed by atoms with Crippen LogP contribution >= 0.6 is 0 Å². The Kier molecular flexibility index (Phi) is 9.30. The van der Waals surface area contributed by atoms with Gasteiger partial charge < -0.3 is 23.7 Å². The molecule has 0 aliphatic heterocycles. The van der Waals surface area contributed by atoms with Crippen LogP contribution in [0.3, 0.4) is 0 Å². The van der Waals surface area contributed by atoms with Crippen LogP contribution in [0.25, 0.3) is 0 Å². The molecule has 0 saturated heterocycles. The Morgan fingerprint density at radius 2 is 0.585 bits per heavy atom. The quantitative estimate of drug-likeness (QED) is 0.192. The van der Waals surface area contributed by atoms with Gasteiger partial charge in [-0.1, -0.05) is 105 Å². The molecule has 0 spiro atoms. The van der Waals surface area contributed by atoms with Crippen LogP contribution in [0, 0.1) is 69.0 Å². The van der Waals surface area contributed by atoms with E-state index in [4.69, 9.17) is 0 Å². The first-order valence-corrected chi connectivity index (χ1v) is 16.7. The minimum absolute atomic E-state index is 0. The number of fused-ring (bicyclic) bond motifs is 8. The van der Waals surface area contributed by atoms with Crippen LogP contribution in [0.5, 0.6) is 0 Å². The largest absolute Gasteiger partial charge is 0.304 e. The van der Waals surface area contributed by atoms with Gasteiger partial charge in [-0.05, 0) is 0 Å². The standard InChI is InChI=1S/4C10H15.Co/c4*1-7-8-4-5-9(6-8)10(7,2)3;/h4*8H,1,4-6H2,2-3H3;/q4*-1;.